The van der Waals surface area contributed by atoms with Crippen LogP contribution in [0.3, 0.4) is 0 Å². The number of furan rings is 1. The van der Waals surface area contributed by atoms with E-state index < -0.39 is 0 Å². The summed E-state index contributed by atoms with van der Waals surface area (Å²) >= 11 is 0. The van der Waals surface area contributed by atoms with Gasteiger partial charge in [-0.2, -0.15) is 0 Å². The fourth-order valence-electron chi connectivity index (χ4n) is 1.74. The molecule has 1 aromatic heterocycles. The first-order chi connectivity index (χ1) is 9.79. The van der Waals surface area contributed by atoms with E-state index >= 15 is 0 Å². The molecule has 0 aliphatic rings. The zero-order valence-electron chi connectivity index (χ0n) is 10.9. The second-order valence-corrected chi connectivity index (χ2v) is 4.13. The molecule has 0 bridgehead atoms. The molecule has 0 spiro atoms. The zero-order valence-corrected chi connectivity index (χ0v) is 10.9. The van der Waals surface area contributed by atoms with E-state index in [9.17, 15) is 4.79 Å². The van der Waals surface area contributed by atoms with Crippen LogP contribution < -0.4 is 5.32 Å². The van der Waals surface area contributed by atoms with Crippen molar-refractivity contribution in [2.45, 2.75) is 6.42 Å². The Morgan fingerprint density at radius 2 is 2.20 bits per heavy atom. The molecular formula is C16H15NO3. The highest BCUT2D eigenvalue weighted by atomic mass is 16.3. The van der Waals surface area contributed by atoms with E-state index in [4.69, 9.17) is 9.52 Å². The molecular weight excluding hydrogens is 254 g/mol. The normalized spacial score (nSPS) is 9.65. The van der Waals surface area contributed by atoms with Gasteiger partial charge in [-0.1, -0.05) is 17.9 Å². The van der Waals surface area contributed by atoms with E-state index in [1.807, 2.05) is 12.1 Å². The summed E-state index contributed by atoms with van der Waals surface area (Å²) in [6.07, 6.45) is 2.27. The van der Waals surface area contributed by atoms with E-state index in [1.54, 1.807) is 30.5 Å². The molecule has 1 aromatic carbocycles. The average Bonchev–Trinajstić information content (AvgIpc) is 2.98. The molecule has 2 rings (SSSR count). The molecule has 0 saturated carbocycles. The van der Waals surface area contributed by atoms with Crippen molar-refractivity contribution in [3.63, 3.8) is 0 Å². The second kappa shape index (κ2) is 7.17. The van der Waals surface area contributed by atoms with E-state index in [0.717, 1.165) is 5.76 Å². The summed E-state index contributed by atoms with van der Waals surface area (Å²) in [6.45, 7) is 0.318. The predicted molar refractivity (Wildman–Crippen MR) is 75.2 cm³/mol. The van der Waals surface area contributed by atoms with E-state index in [1.165, 1.54) is 0 Å². The second-order valence-electron chi connectivity index (χ2n) is 4.13. The van der Waals surface area contributed by atoms with Gasteiger partial charge in [0.1, 0.15) is 12.4 Å². The number of rotatable bonds is 4. The lowest BCUT2D eigenvalue weighted by molar-refractivity contribution is 0.0953. The van der Waals surface area contributed by atoms with Crippen molar-refractivity contribution in [2.24, 2.45) is 0 Å². The number of aliphatic hydroxyl groups excluding tert-OH is 1. The Labute approximate surface area is 117 Å². The molecule has 0 atom stereocenters. The van der Waals surface area contributed by atoms with Crippen LogP contribution in [0, 0.1) is 11.8 Å². The van der Waals surface area contributed by atoms with Gasteiger partial charge in [-0.05, 0) is 30.3 Å². The van der Waals surface area contributed by atoms with Crippen molar-refractivity contribution in [1.82, 2.24) is 5.32 Å². The lowest BCUT2D eigenvalue weighted by Gasteiger charge is -2.04. The van der Waals surface area contributed by atoms with Gasteiger partial charge in [-0.3, -0.25) is 4.79 Å². The Bertz CT molecular complexity index is 621. The van der Waals surface area contributed by atoms with Crippen molar-refractivity contribution in [3.05, 3.63) is 59.5 Å². The SMILES string of the molecule is O=C(NCCc1ccco1)c1cccc(C#CCO)c1. The molecule has 0 fully saturated rings. The lowest BCUT2D eigenvalue weighted by atomic mass is 10.1. The summed E-state index contributed by atoms with van der Waals surface area (Å²) in [4.78, 5) is 12.0. The number of hydrogen-bond acceptors (Lipinski definition) is 3. The smallest absolute Gasteiger partial charge is 0.251 e. The number of carbonyl (C=O) groups is 1. The van der Waals surface area contributed by atoms with Crippen LogP contribution in [0.5, 0.6) is 0 Å². The Morgan fingerprint density at radius 1 is 1.30 bits per heavy atom. The first kappa shape index (κ1) is 13.9. The number of amides is 1. The summed E-state index contributed by atoms with van der Waals surface area (Å²) in [5, 5.41) is 11.5. The van der Waals surface area contributed by atoms with Crippen LogP contribution in [0.25, 0.3) is 0 Å². The highest BCUT2D eigenvalue weighted by molar-refractivity contribution is 5.94. The van der Waals surface area contributed by atoms with Crippen molar-refractivity contribution in [3.8, 4) is 11.8 Å². The van der Waals surface area contributed by atoms with Gasteiger partial charge in [-0.25, -0.2) is 0 Å². The van der Waals surface area contributed by atoms with E-state index in [0.29, 0.717) is 24.1 Å². The third-order valence-electron chi connectivity index (χ3n) is 2.67. The van der Waals surface area contributed by atoms with Crippen LogP contribution >= 0.6 is 0 Å². The van der Waals surface area contributed by atoms with Crippen molar-refractivity contribution < 1.29 is 14.3 Å². The van der Waals surface area contributed by atoms with Gasteiger partial charge < -0.3 is 14.8 Å². The topological polar surface area (TPSA) is 62.5 Å². The van der Waals surface area contributed by atoms with Gasteiger partial charge in [0.2, 0.25) is 0 Å². The van der Waals surface area contributed by atoms with Crippen molar-refractivity contribution >= 4 is 5.91 Å². The van der Waals surface area contributed by atoms with Gasteiger partial charge in [0.05, 0.1) is 6.26 Å². The van der Waals surface area contributed by atoms with Crippen LogP contribution in [0.4, 0.5) is 0 Å². The quantitative estimate of drug-likeness (QED) is 0.829. The minimum Gasteiger partial charge on any atom is -0.469 e. The Kier molecular flexibility index (Phi) is 4.99. The molecule has 2 N–H and O–H groups in total. The summed E-state index contributed by atoms with van der Waals surface area (Å²) in [5.74, 6) is 6.02. The molecule has 0 radical (unpaired) electrons. The van der Waals surface area contributed by atoms with Crippen LogP contribution in [-0.2, 0) is 6.42 Å². The molecule has 4 heteroatoms. The molecule has 1 heterocycles. The minimum atomic E-state index is -0.195. The first-order valence-electron chi connectivity index (χ1n) is 6.30. The zero-order chi connectivity index (χ0) is 14.2. The first-order valence-corrected chi connectivity index (χ1v) is 6.30. The van der Waals surface area contributed by atoms with Gasteiger partial charge in [-0.15, -0.1) is 0 Å². The number of aliphatic hydroxyl groups is 1. The fraction of sp³-hybridized carbons (Fsp3) is 0.188. The maximum Gasteiger partial charge on any atom is 0.251 e. The molecule has 1 amide bonds. The Hall–Kier alpha value is -2.51. The molecule has 0 saturated heterocycles. The third-order valence-corrected chi connectivity index (χ3v) is 2.67. The average molecular weight is 269 g/mol. The van der Waals surface area contributed by atoms with Crippen LogP contribution in [-0.4, -0.2) is 24.2 Å². The highest BCUT2D eigenvalue weighted by Crippen LogP contribution is 2.04. The molecule has 4 nitrogen and oxygen atoms in total. The molecule has 0 aliphatic heterocycles. The van der Waals surface area contributed by atoms with E-state index in [2.05, 4.69) is 17.2 Å². The van der Waals surface area contributed by atoms with Crippen molar-refractivity contribution in [1.29, 1.82) is 0 Å². The number of carbonyl (C=O) groups excluding carboxylic acids is 1. The van der Waals surface area contributed by atoms with Crippen LogP contribution in [0.1, 0.15) is 21.7 Å². The summed E-state index contributed by atoms with van der Waals surface area (Å²) < 4.78 is 5.19. The maximum absolute atomic E-state index is 12.0. The summed E-state index contributed by atoms with van der Waals surface area (Å²) in [5.41, 5.74) is 1.26. The number of nitrogens with one attached hydrogen (secondary N) is 1. The van der Waals surface area contributed by atoms with Crippen LogP contribution in [0.2, 0.25) is 0 Å². The van der Waals surface area contributed by atoms with Crippen LogP contribution in [0.15, 0.2) is 47.1 Å². The number of benzene rings is 1. The molecule has 102 valence electrons. The summed E-state index contributed by atoms with van der Waals surface area (Å²) in [7, 11) is 0. The summed E-state index contributed by atoms with van der Waals surface area (Å²) in [6, 6.07) is 10.7. The fourth-order valence-corrected chi connectivity index (χ4v) is 1.74. The van der Waals surface area contributed by atoms with E-state index in [-0.39, 0.29) is 12.5 Å². The Balaban J connectivity index is 1.91. The molecule has 0 unspecified atom stereocenters. The van der Waals surface area contributed by atoms with Gasteiger partial charge in [0.15, 0.2) is 0 Å². The minimum absolute atomic E-state index is 0.149. The Morgan fingerprint density at radius 3 is 2.95 bits per heavy atom. The standard InChI is InChI=1S/C16H15NO3/c18-10-2-5-13-4-1-6-14(12-13)16(19)17-9-8-15-7-3-11-20-15/h1,3-4,6-7,11-12,18H,8-10H2,(H,17,19). The van der Waals surface area contributed by atoms with Gasteiger partial charge in [0.25, 0.3) is 5.91 Å². The maximum atomic E-state index is 12.0. The highest BCUT2D eigenvalue weighted by Gasteiger charge is 2.05. The van der Waals surface area contributed by atoms with Gasteiger partial charge in [0, 0.05) is 24.1 Å². The predicted octanol–water partition coefficient (Wildman–Crippen LogP) is 1.60. The number of hydrogen-bond donors (Lipinski definition) is 2. The monoisotopic (exact) mass is 269 g/mol. The third kappa shape index (κ3) is 4.01. The van der Waals surface area contributed by atoms with Crippen molar-refractivity contribution in [2.75, 3.05) is 13.2 Å². The van der Waals surface area contributed by atoms with Gasteiger partial charge >= 0.3 is 0 Å². The molecule has 20 heavy (non-hydrogen) atoms. The molecule has 0 aliphatic carbocycles. The lowest BCUT2D eigenvalue weighted by Crippen LogP contribution is -2.25. The largest absolute Gasteiger partial charge is 0.469 e. The molecule has 2 aromatic rings.